The molecule has 0 amide bonds. The van der Waals surface area contributed by atoms with Gasteiger partial charge in [-0.05, 0) is 44.7 Å². The molecule has 0 spiro atoms. The summed E-state index contributed by atoms with van der Waals surface area (Å²) in [6, 6.07) is 8.12. The Bertz CT molecular complexity index is 744. The summed E-state index contributed by atoms with van der Waals surface area (Å²) in [7, 11) is -3.11. The van der Waals surface area contributed by atoms with Crippen LogP contribution in [-0.4, -0.2) is 40.6 Å². The third kappa shape index (κ3) is 2.90. The summed E-state index contributed by atoms with van der Waals surface area (Å²) in [5, 5.41) is -0.332. The average Bonchev–Trinajstić information content (AvgIpc) is 2.91. The highest BCUT2D eigenvalue weighted by molar-refractivity contribution is 7.89. The van der Waals surface area contributed by atoms with Gasteiger partial charge in [0.25, 0.3) is 0 Å². The van der Waals surface area contributed by atoms with E-state index in [1.807, 2.05) is 24.5 Å². The summed E-state index contributed by atoms with van der Waals surface area (Å²) < 4.78 is 28.2. The maximum absolute atomic E-state index is 12.2. The number of fused-ring (bicyclic) bond motifs is 1. The Morgan fingerprint density at radius 1 is 1.23 bits per heavy atom. The molecule has 0 radical (unpaired) electrons. The first-order valence-corrected chi connectivity index (χ1v) is 9.37. The number of sulfonamides is 1. The minimum absolute atomic E-state index is 0.332. The molecule has 1 saturated heterocycles. The first-order valence-electron chi connectivity index (χ1n) is 7.87. The van der Waals surface area contributed by atoms with E-state index in [1.165, 1.54) is 0 Å². The van der Waals surface area contributed by atoms with Crippen LogP contribution in [0.1, 0.15) is 26.7 Å². The van der Waals surface area contributed by atoms with E-state index in [0.717, 1.165) is 30.4 Å². The lowest BCUT2D eigenvalue weighted by molar-refractivity contribution is 0.253. The molecule has 120 valence electrons. The Balaban J connectivity index is 1.65. The van der Waals surface area contributed by atoms with Gasteiger partial charge < -0.3 is 4.57 Å². The van der Waals surface area contributed by atoms with Gasteiger partial charge in [-0.1, -0.05) is 12.1 Å². The molecule has 1 aromatic carbocycles. The number of hydrogen-bond donors (Lipinski definition) is 0. The summed E-state index contributed by atoms with van der Waals surface area (Å²) in [4.78, 5) is 4.42. The molecule has 2 aromatic rings. The van der Waals surface area contributed by atoms with E-state index in [9.17, 15) is 8.42 Å². The Kier molecular flexibility index (Phi) is 4.23. The molecule has 2 heterocycles. The van der Waals surface area contributed by atoms with Crippen LogP contribution in [0.3, 0.4) is 0 Å². The highest BCUT2D eigenvalue weighted by Crippen LogP contribution is 2.24. The molecule has 0 atom stereocenters. The molecule has 5 nitrogen and oxygen atoms in total. The molecule has 1 fully saturated rings. The lowest BCUT2D eigenvalue weighted by Gasteiger charge is -2.32. The minimum Gasteiger partial charge on any atom is -0.330 e. The van der Waals surface area contributed by atoms with Crippen molar-refractivity contribution in [3.05, 3.63) is 30.6 Å². The SMILES string of the molecule is CC(C)S(=O)(=O)N1CCC(Cn2cnc3ccccc32)CC1. The Morgan fingerprint density at radius 3 is 2.59 bits per heavy atom. The van der Waals surface area contributed by atoms with E-state index in [2.05, 4.69) is 15.6 Å². The number of rotatable bonds is 4. The van der Waals surface area contributed by atoms with E-state index in [1.54, 1.807) is 18.2 Å². The van der Waals surface area contributed by atoms with Crippen molar-refractivity contribution in [2.45, 2.75) is 38.5 Å². The molecule has 0 aliphatic carbocycles. The molecule has 1 aliphatic heterocycles. The Morgan fingerprint density at radius 2 is 1.91 bits per heavy atom. The maximum atomic E-state index is 12.2. The molecule has 3 rings (SSSR count). The van der Waals surface area contributed by atoms with Crippen LogP contribution in [0.5, 0.6) is 0 Å². The van der Waals surface area contributed by atoms with E-state index < -0.39 is 10.0 Å². The molecule has 0 N–H and O–H groups in total. The highest BCUT2D eigenvalue weighted by Gasteiger charge is 2.30. The molecular formula is C16H23N3O2S. The molecule has 0 unspecified atom stereocenters. The van der Waals surface area contributed by atoms with Crippen molar-refractivity contribution < 1.29 is 8.42 Å². The molecule has 0 saturated carbocycles. The van der Waals surface area contributed by atoms with Gasteiger partial charge >= 0.3 is 0 Å². The van der Waals surface area contributed by atoms with E-state index >= 15 is 0 Å². The number of imidazole rings is 1. The first kappa shape index (κ1) is 15.5. The third-order valence-electron chi connectivity index (χ3n) is 4.51. The third-order valence-corrected chi connectivity index (χ3v) is 6.79. The highest BCUT2D eigenvalue weighted by atomic mass is 32.2. The standard InChI is InChI=1S/C16H23N3O2S/c1-13(2)22(20,21)19-9-7-14(8-10-19)11-18-12-17-15-5-3-4-6-16(15)18/h3-6,12-14H,7-11H2,1-2H3. The monoisotopic (exact) mass is 321 g/mol. The van der Waals surface area contributed by atoms with Crippen molar-refractivity contribution >= 4 is 21.1 Å². The van der Waals surface area contributed by atoms with Crippen molar-refractivity contribution in [1.82, 2.24) is 13.9 Å². The van der Waals surface area contributed by atoms with Crippen molar-refractivity contribution in [3.63, 3.8) is 0 Å². The second kappa shape index (κ2) is 6.01. The Hall–Kier alpha value is -1.40. The smallest absolute Gasteiger partial charge is 0.216 e. The topological polar surface area (TPSA) is 55.2 Å². The van der Waals surface area contributed by atoms with Crippen molar-refractivity contribution in [2.75, 3.05) is 13.1 Å². The van der Waals surface area contributed by atoms with Gasteiger partial charge in [0.1, 0.15) is 0 Å². The van der Waals surface area contributed by atoms with Gasteiger partial charge in [0.15, 0.2) is 0 Å². The van der Waals surface area contributed by atoms with Crippen LogP contribution in [-0.2, 0) is 16.6 Å². The van der Waals surface area contributed by atoms with E-state index in [-0.39, 0.29) is 5.25 Å². The van der Waals surface area contributed by atoms with Crippen LogP contribution in [0.25, 0.3) is 11.0 Å². The van der Waals surface area contributed by atoms with Gasteiger partial charge in [-0.2, -0.15) is 0 Å². The summed E-state index contributed by atoms with van der Waals surface area (Å²) in [6.07, 6.45) is 3.72. The fourth-order valence-electron chi connectivity index (χ4n) is 3.08. The van der Waals surface area contributed by atoms with Crippen LogP contribution < -0.4 is 0 Å². The number of aromatic nitrogens is 2. The normalized spacial score (nSPS) is 18.3. The zero-order valence-corrected chi connectivity index (χ0v) is 14.0. The fourth-order valence-corrected chi connectivity index (χ4v) is 4.39. The van der Waals surface area contributed by atoms with Crippen LogP contribution >= 0.6 is 0 Å². The molecule has 0 bridgehead atoms. The van der Waals surface area contributed by atoms with Crippen molar-refractivity contribution in [2.24, 2.45) is 5.92 Å². The summed E-state index contributed by atoms with van der Waals surface area (Å²) >= 11 is 0. The zero-order chi connectivity index (χ0) is 15.7. The summed E-state index contributed by atoms with van der Waals surface area (Å²) in [6.45, 7) is 5.68. The molecule has 22 heavy (non-hydrogen) atoms. The number of piperidine rings is 1. The van der Waals surface area contributed by atoms with Crippen molar-refractivity contribution in [1.29, 1.82) is 0 Å². The van der Waals surface area contributed by atoms with Gasteiger partial charge in [-0.15, -0.1) is 0 Å². The van der Waals surface area contributed by atoms with Gasteiger partial charge in [0.2, 0.25) is 10.0 Å². The maximum Gasteiger partial charge on any atom is 0.216 e. The fraction of sp³-hybridized carbons (Fsp3) is 0.562. The molecule has 1 aliphatic rings. The summed E-state index contributed by atoms with van der Waals surface area (Å²) in [5.74, 6) is 0.510. The van der Waals surface area contributed by atoms with Crippen LogP contribution in [0, 0.1) is 5.92 Å². The quantitative estimate of drug-likeness (QED) is 0.869. The zero-order valence-electron chi connectivity index (χ0n) is 13.1. The number of benzene rings is 1. The number of nitrogens with zero attached hydrogens (tertiary/aromatic N) is 3. The number of para-hydroxylation sites is 2. The van der Waals surface area contributed by atoms with E-state index in [4.69, 9.17) is 0 Å². The van der Waals surface area contributed by atoms with Crippen LogP contribution in [0.2, 0.25) is 0 Å². The summed E-state index contributed by atoms with van der Waals surface area (Å²) in [5.41, 5.74) is 2.17. The van der Waals surface area contributed by atoms with Gasteiger partial charge in [-0.25, -0.2) is 17.7 Å². The van der Waals surface area contributed by atoms with Gasteiger partial charge in [-0.3, -0.25) is 0 Å². The van der Waals surface area contributed by atoms with Gasteiger partial charge in [0, 0.05) is 19.6 Å². The number of hydrogen-bond acceptors (Lipinski definition) is 3. The van der Waals surface area contributed by atoms with Crippen molar-refractivity contribution in [3.8, 4) is 0 Å². The first-order chi connectivity index (χ1) is 10.5. The second-order valence-corrected chi connectivity index (χ2v) is 8.81. The van der Waals surface area contributed by atoms with Gasteiger partial charge in [0.05, 0.1) is 22.6 Å². The largest absolute Gasteiger partial charge is 0.330 e. The lowest BCUT2D eigenvalue weighted by Crippen LogP contribution is -2.42. The molecule has 1 aromatic heterocycles. The van der Waals surface area contributed by atoms with Crippen LogP contribution in [0.15, 0.2) is 30.6 Å². The molecule has 6 heteroatoms. The average molecular weight is 321 g/mol. The predicted octanol–water partition coefficient (Wildman–Crippen LogP) is 2.49. The minimum atomic E-state index is -3.11. The lowest BCUT2D eigenvalue weighted by atomic mass is 9.98. The second-order valence-electron chi connectivity index (χ2n) is 6.32. The van der Waals surface area contributed by atoms with Crippen LogP contribution in [0.4, 0.5) is 0 Å². The predicted molar refractivity (Wildman–Crippen MR) is 88.1 cm³/mol. The molecular weight excluding hydrogens is 298 g/mol. The van der Waals surface area contributed by atoms with E-state index in [0.29, 0.717) is 19.0 Å². The Labute approximate surface area is 132 Å².